The van der Waals surface area contributed by atoms with Gasteiger partial charge in [-0.05, 0) is 0 Å². The van der Waals surface area contributed by atoms with Gasteiger partial charge in [-0.1, -0.05) is 0 Å². The van der Waals surface area contributed by atoms with Gasteiger partial charge in [0.25, 0.3) is 0 Å². The van der Waals surface area contributed by atoms with Crippen molar-refractivity contribution >= 4 is 11.4 Å². The molecule has 0 unspecified atom stereocenters. The van der Waals surface area contributed by atoms with E-state index in [1.807, 2.05) is 0 Å². The van der Waals surface area contributed by atoms with E-state index in [2.05, 4.69) is 4.74 Å². The zero-order valence-corrected chi connectivity index (χ0v) is 6.70. The Morgan fingerprint density at radius 1 is 0.923 bits per heavy atom. The molecule has 0 aromatic heterocycles. The molecule has 13 heavy (non-hydrogen) atoms. The fourth-order valence-electron chi connectivity index (χ4n) is 0.852. The Morgan fingerprint density at radius 3 is 1.85 bits per heavy atom. The summed E-state index contributed by atoms with van der Waals surface area (Å²) in [6.45, 7) is 0. The number of ether oxygens (including phenoxy) is 1. The van der Waals surface area contributed by atoms with Crippen LogP contribution < -0.4 is 16.2 Å². The summed E-state index contributed by atoms with van der Waals surface area (Å²) >= 11 is 0. The van der Waals surface area contributed by atoms with Crippen LogP contribution in [0.4, 0.5) is 24.5 Å². The van der Waals surface area contributed by atoms with E-state index in [0.717, 1.165) is 7.11 Å². The van der Waals surface area contributed by atoms with Crippen LogP contribution in [0.3, 0.4) is 0 Å². The monoisotopic (exact) mass is 192 g/mol. The fourth-order valence-corrected chi connectivity index (χ4v) is 0.852. The van der Waals surface area contributed by atoms with Crippen LogP contribution in [-0.2, 0) is 0 Å². The highest BCUT2D eigenvalue weighted by molar-refractivity contribution is 5.67. The summed E-state index contributed by atoms with van der Waals surface area (Å²) < 4.78 is 42.9. The maximum Gasteiger partial charge on any atom is 0.205 e. The average Bonchev–Trinajstić information content (AvgIpc) is 2.13. The third kappa shape index (κ3) is 1.24. The van der Waals surface area contributed by atoms with Crippen LogP contribution >= 0.6 is 0 Å². The Bertz CT molecular complexity index is 325. The largest absolute Gasteiger partial charge is 0.491 e. The van der Waals surface area contributed by atoms with Crippen molar-refractivity contribution in [2.75, 3.05) is 18.6 Å². The summed E-state index contributed by atoms with van der Waals surface area (Å²) in [6.07, 6.45) is 0. The van der Waals surface area contributed by atoms with Crippen molar-refractivity contribution < 1.29 is 17.9 Å². The smallest absolute Gasteiger partial charge is 0.205 e. The normalized spacial score (nSPS) is 10.2. The summed E-state index contributed by atoms with van der Waals surface area (Å²) in [4.78, 5) is 0. The third-order valence-corrected chi connectivity index (χ3v) is 1.56. The van der Waals surface area contributed by atoms with Crippen LogP contribution in [0.5, 0.6) is 5.75 Å². The number of hydrogen-bond acceptors (Lipinski definition) is 3. The molecule has 3 nitrogen and oxygen atoms in total. The van der Waals surface area contributed by atoms with Crippen molar-refractivity contribution in [3.05, 3.63) is 17.5 Å². The molecule has 0 saturated heterocycles. The van der Waals surface area contributed by atoms with Gasteiger partial charge in [0.2, 0.25) is 5.82 Å². The highest BCUT2D eigenvalue weighted by Gasteiger charge is 2.22. The van der Waals surface area contributed by atoms with Gasteiger partial charge >= 0.3 is 0 Å². The summed E-state index contributed by atoms with van der Waals surface area (Å²) in [5.74, 6) is -4.95. The molecule has 0 aliphatic carbocycles. The number of hydrogen-bond donors (Lipinski definition) is 2. The van der Waals surface area contributed by atoms with E-state index in [1.165, 1.54) is 0 Å². The maximum absolute atomic E-state index is 13.0. The Hall–Kier alpha value is -1.59. The molecule has 1 aromatic carbocycles. The topological polar surface area (TPSA) is 61.3 Å². The minimum absolute atomic E-state index is 0.657. The quantitative estimate of drug-likeness (QED) is 0.520. The highest BCUT2D eigenvalue weighted by atomic mass is 19.2. The molecule has 1 aromatic rings. The van der Waals surface area contributed by atoms with E-state index in [4.69, 9.17) is 11.5 Å². The number of rotatable bonds is 1. The molecule has 0 spiro atoms. The number of nitrogens with two attached hydrogens (primary N) is 2. The number of methoxy groups -OCH3 is 1. The second-order valence-corrected chi connectivity index (χ2v) is 2.30. The molecule has 0 amide bonds. The first kappa shape index (κ1) is 9.50. The molecule has 0 atom stereocenters. The first-order valence-corrected chi connectivity index (χ1v) is 3.26. The van der Waals surface area contributed by atoms with Gasteiger partial charge in [-0.3, -0.25) is 0 Å². The molecular formula is C7H7F3N2O. The van der Waals surface area contributed by atoms with Gasteiger partial charge in [0.15, 0.2) is 17.4 Å². The van der Waals surface area contributed by atoms with Crippen molar-refractivity contribution in [3.63, 3.8) is 0 Å². The molecule has 4 N–H and O–H groups in total. The molecule has 0 saturated carbocycles. The first-order valence-electron chi connectivity index (χ1n) is 3.26. The molecular weight excluding hydrogens is 185 g/mol. The summed E-state index contributed by atoms with van der Waals surface area (Å²) in [7, 11) is 0.997. The minimum atomic E-state index is -1.48. The second-order valence-electron chi connectivity index (χ2n) is 2.30. The predicted molar refractivity (Wildman–Crippen MR) is 41.7 cm³/mol. The van der Waals surface area contributed by atoms with Crippen LogP contribution in [-0.4, -0.2) is 7.11 Å². The third-order valence-electron chi connectivity index (χ3n) is 1.56. The highest BCUT2D eigenvalue weighted by Crippen LogP contribution is 2.33. The second kappa shape index (κ2) is 3.04. The van der Waals surface area contributed by atoms with E-state index in [1.54, 1.807) is 0 Å². The van der Waals surface area contributed by atoms with E-state index in [9.17, 15) is 13.2 Å². The van der Waals surface area contributed by atoms with Crippen LogP contribution in [0.1, 0.15) is 0 Å². The van der Waals surface area contributed by atoms with E-state index >= 15 is 0 Å². The molecule has 0 heterocycles. The Labute approximate surface area is 72.1 Å². The van der Waals surface area contributed by atoms with Crippen molar-refractivity contribution in [3.8, 4) is 5.75 Å². The zero-order valence-electron chi connectivity index (χ0n) is 6.70. The molecule has 6 heteroatoms. The summed E-state index contributed by atoms with van der Waals surface area (Å²) in [5.41, 5.74) is 8.60. The molecule has 0 bridgehead atoms. The maximum atomic E-state index is 13.0. The van der Waals surface area contributed by atoms with Crippen LogP contribution in [0.25, 0.3) is 0 Å². The van der Waals surface area contributed by atoms with Crippen LogP contribution in [0.15, 0.2) is 0 Å². The van der Waals surface area contributed by atoms with Gasteiger partial charge in [-0.2, -0.15) is 4.39 Å². The van der Waals surface area contributed by atoms with Gasteiger partial charge < -0.3 is 16.2 Å². The molecule has 0 aliphatic rings. The van der Waals surface area contributed by atoms with E-state index in [-0.39, 0.29) is 0 Å². The molecule has 1 rings (SSSR count). The summed E-state index contributed by atoms with van der Waals surface area (Å²) in [6, 6.07) is 0. The van der Waals surface area contributed by atoms with Gasteiger partial charge in [0, 0.05) is 0 Å². The van der Waals surface area contributed by atoms with Gasteiger partial charge in [-0.15, -0.1) is 0 Å². The number of benzene rings is 1. The zero-order chi connectivity index (χ0) is 10.2. The summed E-state index contributed by atoms with van der Waals surface area (Å²) in [5, 5.41) is 0. The van der Waals surface area contributed by atoms with Gasteiger partial charge in [-0.25, -0.2) is 8.78 Å². The molecule has 72 valence electrons. The Kier molecular flexibility index (Phi) is 2.22. The van der Waals surface area contributed by atoms with E-state index < -0.39 is 34.6 Å². The van der Waals surface area contributed by atoms with Gasteiger partial charge in [0.05, 0.1) is 18.5 Å². The van der Waals surface area contributed by atoms with Gasteiger partial charge in [0.1, 0.15) is 0 Å². The number of halogens is 3. The Balaban J connectivity index is 3.56. The van der Waals surface area contributed by atoms with Crippen LogP contribution in [0.2, 0.25) is 0 Å². The van der Waals surface area contributed by atoms with E-state index in [0.29, 0.717) is 0 Å². The molecule has 0 aliphatic heterocycles. The van der Waals surface area contributed by atoms with Crippen molar-refractivity contribution in [1.29, 1.82) is 0 Å². The lowest BCUT2D eigenvalue weighted by molar-refractivity contribution is 0.349. The molecule has 0 radical (unpaired) electrons. The fraction of sp³-hybridized carbons (Fsp3) is 0.143. The Morgan fingerprint density at radius 2 is 1.38 bits per heavy atom. The van der Waals surface area contributed by atoms with Crippen molar-refractivity contribution in [2.45, 2.75) is 0 Å². The van der Waals surface area contributed by atoms with Crippen LogP contribution in [0, 0.1) is 17.5 Å². The number of nitrogen functional groups attached to an aromatic ring is 2. The predicted octanol–water partition coefficient (Wildman–Crippen LogP) is 1.28. The van der Waals surface area contributed by atoms with Crippen molar-refractivity contribution in [2.24, 2.45) is 0 Å². The standard InChI is InChI=1S/C7H7F3N2O/c1-13-7-3(9)2(8)5(11)6(12)4(7)10/h11-12H2,1H3. The lowest BCUT2D eigenvalue weighted by atomic mass is 10.2. The lowest BCUT2D eigenvalue weighted by Gasteiger charge is -2.09. The lowest BCUT2D eigenvalue weighted by Crippen LogP contribution is -2.06. The number of anilines is 2. The minimum Gasteiger partial charge on any atom is -0.491 e. The molecule has 0 fully saturated rings. The van der Waals surface area contributed by atoms with Crippen molar-refractivity contribution in [1.82, 2.24) is 0 Å². The average molecular weight is 192 g/mol. The first-order chi connectivity index (χ1) is 6.00. The SMILES string of the molecule is COc1c(F)c(N)c(N)c(F)c1F.